The monoisotopic (exact) mass is 309 g/mol. The van der Waals surface area contributed by atoms with Crippen molar-refractivity contribution in [2.75, 3.05) is 11.1 Å². The number of anilines is 2. The summed E-state index contributed by atoms with van der Waals surface area (Å²) < 4.78 is 14.0. The number of rotatable bonds is 2. The first-order valence-electron chi connectivity index (χ1n) is 5.04. The van der Waals surface area contributed by atoms with Gasteiger partial charge in [-0.2, -0.15) is 0 Å². The fraction of sp³-hybridized carbons (Fsp3) is 0. The Morgan fingerprint density at radius 2 is 2.17 bits per heavy atom. The van der Waals surface area contributed by atoms with Crippen LogP contribution >= 0.6 is 15.9 Å². The number of benzene rings is 1. The van der Waals surface area contributed by atoms with Gasteiger partial charge in [0.05, 0.1) is 23.1 Å². The van der Waals surface area contributed by atoms with Gasteiger partial charge in [-0.05, 0) is 34.1 Å². The van der Waals surface area contributed by atoms with Crippen molar-refractivity contribution in [2.45, 2.75) is 0 Å². The lowest BCUT2D eigenvalue weighted by molar-refractivity contribution is 0.102. The molecule has 0 spiro atoms. The predicted molar refractivity (Wildman–Crippen MR) is 70.7 cm³/mol. The number of para-hydroxylation sites is 1. The number of carbonyl (C=O) groups excluding carboxylic acids is 1. The van der Waals surface area contributed by atoms with Gasteiger partial charge in [0.15, 0.2) is 0 Å². The number of hydrogen-bond acceptors (Lipinski definition) is 3. The summed E-state index contributed by atoms with van der Waals surface area (Å²) in [6, 6.07) is 5.90. The van der Waals surface area contributed by atoms with Crippen LogP contribution in [0.1, 0.15) is 10.4 Å². The van der Waals surface area contributed by atoms with Crippen molar-refractivity contribution in [3.8, 4) is 0 Å². The third kappa shape index (κ3) is 2.48. The van der Waals surface area contributed by atoms with E-state index in [0.717, 1.165) is 0 Å². The maximum Gasteiger partial charge on any atom is 0.257 e. The number of carbonyl (C=O) groups is 1. The van der Waals surface area contributed by atoms with Crippen molar-refractivity contribution in [3.63, 3.8) is 0 Å². The molecule has 0 atom stereocenters. The van der Waals surface area contributed by atoms with E-state index in [4.69, 9.17) is 5.73 Å². The molecule has 2 aromatic rings. The van der Waals surface area contributed by atoms with Crippen LogP contribution in [0.2, 0.25) is 0 Å². The molecule has 0 bridgehead atoms. The van der Waals surface area contributed by atoms with Gasteiger partial charge < -0.3 is 11.1 Å². The third-order valence-corrected chi connectivity index (χ3v) is 2.96. The largest absolute Gasteiger partial charge is 0.397 e. The van der Waals surface area contributed by atoms with Crippen molar-refractivity contribution in [3.05, 3.63) is 52.5 Å². The number of pyridine rings is 1. The first-order valence-corrected chi connectivity index (χ1v) is 5.83. The second kappa shape index (κ2) is 5.14. The van der Waals surface area contributed by atoms with Gasteiger partial charge in [-0.15, -0.1) is 0 Å². The molecule has 1 aromatic carbocycles. The van der Waals surface area contributed by atoms with Crippen molar-refractivity contribution in [1.82, 2.24) is 4.98 Å². The Kier molecular flexibility index (Phi) is 3.57. The minimum Gasteiger partial charge on any atom is -0.397 e. The van der Waals surface area contributed by atoms with E-state index in [1.54, 1.807) is 6.07 Å². The number of halogens is 2. The van der Waals surface area contributed by atoms with Gasteiger partial charge in [0.2, 0.25) is 0 Å². The van der Waals surface area contributed by atoms with Crippen LogP contribution in [0, 0.1) is 5.82 Å². The lowest BCUT2D eigenvalue weighted by atomic mass is 10.2. The normalized spacial score (nSPS) is 10.1. The van der Waals surface area contributed by atoms with Crippen molar-refractivity contribution >= 4 is 33.2 Å². The van der Waals surface area contributed by atoms with Crippen LogP contribution in [0.25, 0.3) is 0 Å². The maximum absolute atomic E-state index is 13.5. The first-order chi connectivity index (χ1) is 8.59. The van der Waals surface area contributed by atoms with Crippen LogP contribution in [0.4, 0.5) is 15.8 Å². The molecule has 92 valence electrons. The highest BCUT2D eigenvalue weighted by Gasteiger charge is 2.13. The molecule has 0 aliphatic heterocycles. The lowest BCUT2D eigenvalue weighted by Crippen LogP contribution is -2.15. The second-order valence-electron chi connectivity index (χ2n) is 3.51. The van der Waals surface area contributed by atoms with Crippen LogP contribution in [-0.2, 0) is 0 Å². The van der Waals surface area contributed by atoms with E-state index in [-0.39, 0.29) is 16.9 Å². The Hall–Kier alpha value is -1.95. The molecular formula is C12H9BrFN3O. The Morgan fingerprint density at radius 3 is 2.83 bits per heavy atom. The molecule has 3 N–H and O–H groups in total. The summed E-state index contributed by atoms with van der Waals surface area (Å²) in [6.07, 6.45) is 2.81. The number of nitrogens with two attached hydrogens (primary N) is 1. The summed E-state index contributed by atoms with van der Waals surface area (Å²) in [4.78, 5) is 15.7. The highest BCUT2D eigenvalue weighted by molar-refractivity contribution is 9.10. The molecule has 0 unspecified atom stereocenters. The predicted octanol–water partition coefficient (Wildman–Crippen LogP) is 2.82. The quantitative estimate of drug-likeness (QED) is 0.896. The molecule has 0 saturated carbocycles. The highest BCUT2D eigenvalue weighted by Crippen LogP contribution is 2.26. The van der Waals surface area contributed by atoms with Crippen LogP contribution in [-0.4, -0.2) is 10.9 Å². The van der Waals surface area contributed by atoms with Gasteiger partial charge in [0.1, 0.15) is 5.82 Å². The van der Waals surface area contributed by atoms with Crippen LogP contribution in [0.5, 0.6) is 0 Å². The fourth-order valence-electron chi connectivity index (χ4n) is 1.41. The average molecular weight is 310 g/mol. The molecular weight excluding hydrogens is 301 g/mol. The summed E-state index contributed by atoms with van der Waals surface area (Å²) in [5.41, 5.74) is 6.19. The molecule has 0 saturated heterocycles. The summed E-state index contributed by atoms with van der Waals surface area (Å²) >= 11 is 3.17. The minimum absolute atomic E-state index is 0.0821. The molecule has 18 heavy (non-hydrogen) atoms. The average Bonchev–Trinajstić information content (AvgIpc) is 2.34. The van der Waals surface area contributed by atoms with Gasteiger partial charge in [0, 0.05) is 10.7 Å². The van der Waals surface area contributed by atoms with Crippen LogP contribution < -0.4 is 11.1 Å². The number of amides is 1. The fourth-order valence-corrected chi connectivity index (χ4v) is 1.85. The van der Waals surface area contributed by atoms with E-state index in [2.05, 4.69) is 26.2 Å². The molecule has 0 aliphatic rings. The third-order valence-electron chi connectivity index (χ3n) is 2.30. The Morgan fingerprint density at radius 1 is 1.39 bits per heavy atom. The molecule has 0 aliphatic carbocycles. The number of hydrogen-bond donors (Lipinski definition) is 2. The van der Waals surface area contributed by atoms with E-state index in [1.807, 2.05) is 0 Å². The zero-order chi connectivity index (χ0) is 13.1. The molecule has 1 heterocycles. The van der Waals surface area contributed by atoms with Crippen LogP contribution in [0.3, 0.4) is 0 Å². The van der Waals surface area contributed by atoms with Gasteiger partial charge in [-0.3, -0.25) is 9.78 Å². The first kappa shape index (κ1) is 12.5. The zero-order valence-corrected chi connectivity index (χ0v) is 10.7. The van der Waals surface area contributed by atoms with Crippen molar-refractivity contribution in [2.24, 2.45) is 0 Å². The van der Waals surface area contributed by atoms with Crippen LogP contribution in [0.15, 0.2) is 41.1 Å². The van der Waals surface area contributed by atoms with E-state index in [9.17, 15) is 9.18 Å². The minimum atomic E-state index is -0.523. The summed E-state index contributed by atoms with van der Waals surface area (Å²) in [5, 5.41) is 2.47. The number of nitrogens with one attached hydrogen (secondary N) is 1. The van der Waals surface area contributed by atoms with E-state index < -0.39 is 11.7 Å². The molecule has 4 nitrogen and oxygen atoms in total. The zero-order valence-electron chi connectivity index (χ0n) is 9.15. The Labute approximate surface area is 111 Å². The Balaban J connectivity index is 2.30. The van der Waals surface area contributed by atoms with Crippen molar-refractivity contribution in [1.29, 1.82) is 0 Å². The SMILES string of the molecule is Nc1cnccc1C(=O)Nc1c(F)cccc1Br. The maximum atomic E-state index is 13.5. The van der Waals surface area contributed by atoms with Gasteiger partial charge in [-0.25, -0.2) is 4.39 Å². The molecule has 1 amide bonds. The van der Waals surface area contributed by atoms with Gasteiger partial charge in [0.25, 0.3) is 5.91 Å². The molecule has 0 radical (unpaired) electrons. The summed E-state index contributed by atoms with van der Waals surface area (Å²) in [6.45, 7) is 0. The number of nitrogen functional groups attached to an aromatic ring is 1. The summed E-state index contributed by atoms with van der Waals surface area (Å²) in [5.74, 6) is -1.01. The number of nitrogens with zero attached hydrogens (tertiary/aromatic N) is 1. The molecule has 2 rings (SSSR count). The molecule has 6 heteroatoms. The Bertz CT molecular complexity index is 583. The standard InChI is InChI=1S/C12H9BrFN3O/c13-8-2-1-3-9(14)11(8)17-12(18)7-4-5-16-6-10(7)15/h1-6H,15H2,(H,17,18). The van der Waals surface area contributed by atoms with Gasteiger partial charge in [-0.1, -0.05) is 6.07 Å². The molecule has 1 aromatic heterocycles. The van der Waals surface area contributed by atoms with Crippen molar-refractivity contribution < 1.29 is 9.18 Å². The topological polar surface area (TPSA) is 68.0 Å². The highest BCUT2D eigenvalue weighted by atomic mass is 79.9. The lowest BCUT2D eigenvalue weighted by Gasteiger charge is -2.09. The van der Waals surface area contributed by atoms with E-state index in [0.29, 0.717) is 4.47 Å². The number of aromatic nitrogens is 1. The summed E-state index contributed by atoms with van der Waals surface area (Å²) in [7, 11) is 0. The van der Waals surface area contributed by atoms with E-state index >= 15 is 0 Å². The van der Waals surface area contributed by atoms with E-state index in [1.165, 1.54) is 30.6 Å². The van der Waals surface area contributed by atoms with Gasteiger partial charge >= 0.3 is 0 Å². The molecule has 0 fully saturated rings. The smallest absolute Gasteiger partial charge is 0.257 e. The second-order valence-corrected chi connectivity index (χ2v) is 4.37.